The van der Waals surface area contributed by atoms with Crippen molar-refractivity contribution in [2.45, 2.75) is 25.9 Å². The third-order valence-electron chi connectivity index (χ3n) is 3.40. The van der Waals surface area contributed by atoms with Gasteiger partial charge in [-0.3, -0.25) is 4.79 Å². The molecular weight excluding hydrogens is 276 g/mol. The maximum Gasteiger partial charge on any atom is 0.266 e. The number of amides is 1. The van der Waals surface area contributed by atoms with Crippen LogP contribution in [0.2, 0.25) is 0 Å². The van der Waals surface area contributed by atoms with Crippen LogP contribution in [0.3, 0.4) is 0 Å². The number of hydrogen-bond donors (Lipinski definition) is 1. The molecule has 2 N–H and O–H groups in total. The highest BCUT2D eigenvalue weighted by Crippen LogP contribution is 2.23. The van der Waals surface area contributed by atoms with E-state index in [1.165, 1.54) is 11.3 Å². The van der Waals surface area contributed by atoms with Crippen molar-refractivity contribution in [3.63, 3.8) is 0 Å². The van der Waals surface area contributed by atoms with E-state index in [0.29, 0.717) is 23.8 Å². The number of piperidine rings is 1. The molecule has 2 rings (SSSR count). The Morgan fingerprint density at radius 2 is 2.20 bits per heavy atom. The number of nitrogens with two attached hydrogens (primary N) is 1. The van der Waals surface area contributed by atoms with Crippen molar-refractivity contribution >= 4 is 22.9 Å². The van der Waals surface area contributed by atoms with Gasteiger partial charge in [-0.05, 0) is 31.2 Å². The van der Waals surface area contributed by atoms with Crippen molar-refractivity contribution in [2.24, 2.45) is 0 Å². The first-order valence-corrected chi connectivity index (χ1v) is 7.92. The van der Waals surface area contributed by atoms with Crippen LogP contribution in [0.4, 0.5) is 5.69 Å². The van der Waals surface area contributed by atoms with Crippen LogP contribution in [0, 0.1) is 0 Å². The fraction of sp³-hybridized carbons (Fsp3) is 0.643. The highest BCUT2D eigenvalue weighted by molar-refractivity contribution is 7.12. The smallest absolute Gasteiger partial charge is 0.266 e. The van der Waals surface area contributed by atoms with Gasteiger partial charge in [-0.1, -0.05) is 0 Å². The van der Waals surface area contributed by atoms with Crippen molar-refractivity contribution in [1.29, 1.82) is 0 Å². The van der Waals surface area contributed by atoms with Gasteiger partial charge in [0.25, 0.3) is 5.91 Å². The lowest BCUT2D eigenvalue weighted by Crippen LogP contribution is -2.41. The molecule has 20 heavy (non-hydrogen) atoms. The lowest BCUT2D eigenvalue weighted by molar-refractivity contribution is -0.0182. The van der Waals surface area contributed by atoms with Crippen LogP contribution in [0.1, 0.15) is 29.4 Å². The molecule has 0 saturated carbocycles. The summed E-state index contributed by atoms with van der Waals surface area (Å²) >= 11 is 1.41. The summed E-state index contributed by atoms with van der Waals surface area (Å²) in [4.78, 5) is 14.8. The lowest BCUT2D eigenvalue weighted by Gasteiger charge is -2.31. The Hall–Kier alpha value is -1.11. The normalized spacial score (nSPS) is 16.6. The van der Waals surface area contributed by atoms with Crippen LogP contribution < -0.4 is 5.73 Å². The predicted octanol–water partition coefficient (Wildman–Crippen LogP) is 1.99. The van der Waals surface area contributed by atoms with Crippen LogP contribution in [0.25, 0.3) is 0 Å². The van der Waals surface area contributed by atoms with E-state index in [1.807, 2.05) is 17.2 Å². The number of thiophene rings is 1. The molecule has 1 amide bonds. The summed E-state index contributed by atoms with van der Waals surface area (Å²) < 4.78 is 11.0. The Balaban J connectivity index is 1.74. The third kappa shape index (κ3) is 3.94. The molecular formula is C14H22N2O3S. The molecule has 1 saturated heterocycles. The number of anilines is 1. The highest BCUT2D eigenvalue weighted by Gasteiger charge is 2.25. The minimum absolute atomic E-state index is 0.0465. The fourth-order valence-corrected chi connectivity index (χ4v) is 3.06. The molecule has 0 aromatic carbocycles. The molecule has 0 spiro atoms. The monoisotopic (exact) mass is 298 g/mol. The van der Waals surface area contributed by atoms with E-state index >= 15 is 0 Å². The first-order valence-electron chi connectivity index (χ1n) is 7.04. The number of nitrogens with zero attached hydrogens (tertiary/aromatic N) is 1. The van der Waals surface area contributed by atoms with Gasteiger partial charge in [0.15, 0.2) is 0 Å². The largest absolute Gasteiger partial charge is 0.397 e. The zero-order valence-electron chi connectivity index (χ0n) is 11.8. The predicted molar refractivity (Wildman–Crippen MR) is 80.1 cm³/mol. The maximum absolute atomic E-state index is 12.3. The second-order valence-corrected chi connectivity index (χ2v) is 5.68. The number of carbonyl (C=O) groups excluding carboxylic acids is 1. The fourth-order valence-electron chi connectivity index (χ4n) is 2.28. The van der Waals surface area contributed by atoms with E-state index in [2.05, 4.69) is 0 Å². The maximum atomic E-state index is 12.3. The van der Waals surface area contributed by atoms with Gasteiger partial charge >= 0.3 is 0 Å². The van der Waals surface area contributed by atoms with E-state index in [9.17, 15) is 4.79 Å². The first kappa shape index (κ1) is 15.3. The lowest BCUT2D eigenvalue weighted by atomic mass is 10.1. The standard InChI is InChI=1S/C14H22N2O3S/c1-2-18-8-9-19-11-3-6-16(7-4-11)14(17)13-12(15)5-10-20-13/h5,10-11H,2-4,6-9,15H2,1H3. The zero-order chi connectivity index (χ0) is 14.4. The molecule has 1 aliphatic rings. The molecule has 0 unspecified atom stereocenters. The summed E-state index contributed by atoms with van der Waals surface area (Å²) in [5, 5.41) is 1.85. The second kappa shape index (κ2) is 7.61. The first-order chi connectivity index (χ1) is 9.72. The molecule has 1 aromatic heterocycles. The number of rotatable bonds is 6. The number of nitrogen functional groups attached to an aromatic ring is 1. The van der Waals surface area contributed by atoms with Crippen molar-refractivity contribution in [3.05, 3.63) is 16.3 Å². The number of hydrogen-bond acceptors (Lipinski definition) is 5. The van der Waals surface area contributed by atoms with E-state index in [0.717, 1.165) is 32.5 Å². The van der Waals surface area contributed by atoms with Crippen LogP contribution in [-0.2, 0) is 9.47 Å². The highest BCUT2D eigenvalue weighted by atomic mass is 32.1. The average Bonchev–Trinajstić information content (AvgIpc) is 2.90. The van der Waals surface area contributed by atoms with Crippen molar-refractivity contribution < 1.29 is 14.3 Å². The molecule has 0 aliphatic carbocycles. The van der Waals surface area contributed by atoms with Crippen molar-refractivity contribution in [1.82, 2.24) is 4.90 Å². The van der Waals surface area contributed by atoms with Crippen LogP contribution in [0.5, 0.6) is 0 Å². The third-order valence-corrected chi connectivity index (χ3v) is 4.32. The van der Waals surface area contributed by atoms with Crippen LogP contribution in [-0.4, -0.2) is 49.8 Å². The summed E-state index contributed by atoms with van der Waals surface area (Å²) in [5.74, 6) is 0.0465. The van der Waals surface area contributed by atoms with E-state index < -0.39 is 0 Å². The second-order valence-electron chi connectivity index (χ2n) is 4.76. The average molecular weight is 298 g/mol. The Labute approximate surface area is 123 Å². The Bertz CT molecular complexity index is 428. The van der Waals surface area contributed by atoms with E-state index in [1.54, 1.807) is 6.07 Å². The molecule has 0 bridgehead atoms. The van der Waals surface area contributed by atoms with Gasteiger partial charge < -0.3 is 20.1 Å². The molecule has 0 radical (unpaired) electrons. The summed E-state index contributed by atoms with van der Waals surface area (Å²) in [6.45, 7) is 5.43. The molecule has 112 valence electrons. The molecule has 0 atom stereocenters. The molecule has 1 fully saturated rings. The number of ether oxygens (including phenoxy) is 2. The van der Waals surface area contributed by atoms with Gasteiger partial charge in [0.05, 0.1) is 25.0 Å². The van der Waals surface area contributed by atoms with Crippen molar-refractivity contribution in [2.75, 3.05) is 38.6 Å². The number of carbonyl (C=O) groups is 1. The summed E-state index contributed by atoms with van der Waals surface area (Å²) in [5.41, 5.74) is 6.37. The van der Waals surface area contributed by atoms with E-state index in [4.69, 9.17) is 15.2 Å². The summed E-state index contributed by atoms with van der Waals surface area (Å²) in [6, 6.07) is 1.78. The topological polar surface area (TPSA) is 64.8 Å². The van der Waals surface area contributed by atoms with E-state index in [-0.39, 0.29) is 12.0 Å². The van der Waals surface area contributed by atoms with Gasteiger partial charge in [-0.2, -0.15) is 0 Å². The summed E-state index contributed by atoms with van der Waals surface area (Å²) in [7, 11) is 0. The Morgan fingerprint density at radius 1 is 1.45 bits per heavy atom. The molecule has 6 heteroatoms. The van der Waals surface area contributed by atoms with Gasteiger partial charge in [0, 0.05) is 19.7 Å². The molecule has 1 aliphatic heterocycles. The molecule has 1 aromatic rings. The van der Waals surface area contributed by atoms with Gasteiger partial charge in [-0.25, -0.2) is 0 Å². The molecule has 2 heterocycles. The minimum Gasteiger partial charge on any atom is -0.397 e. The Morgan fingerprint density at radius 3 is 2.80 bits per heavy atom. The Kier molecular flexibility index (Phi) is 5.82. The quantitative estimate of drug-likeness (QED) is 0.816. The van der Waals surface area contributed by atoms with Gasteiger partial charge in [0.2, 0.25) is 0 Å². The van der Waals surface area contributed by atoms with Crippen molar-refractivity contribution in [3.8, 4) is 0 Å². The van der Waals surface area contributed by atoms with Crippen LogP contribution >= 0.6 is 11.3 Å². The zero-order valence-corrected chi connectivity index (χ0v) is 12.7. The van der Waals surface area contributed by atoms with Gasteiger partial charge in [-0.15, -0.1) is 11.3 Å². The number of likely N-dealkylation sites (tertiary alicyclic amines) is 1. The summed E-state index contributed by atoms with van der Waals surface area (Å²) in [6.07, 6.45) is 1.99. The molecule has 5 nitrogen and oxygen atoms in total. The minimum atomic E-state index is 0.0465. The SMILES string of the molecule is CCOCCOC1CCN(C(=O)c2sccc2N)CC1. The van der Waals surface area contributed by atoms with Crippen LogP contribution in [0.15, 0.2) is 11.4 Å². The van der Waals surface area contributed by atoms with Gasteiger partial charge in [0.1, 0.15) is 4.88 Å².